The monoisotopic (exact) mass is 1160 g/mol. The number of fused-ring (bicyclic) bond motifs is 2. The number of aromatic hydroxyl groups is 1. The van der Waals surface area contributed by atoms with E-state index in [0.717, 1.165) is 34.5 Å². The maximum Gasteiger partial charge on any atom is 0.319 e. The number of ether oxygens (including phenoxy) is 2. The van der Waals surface area contributed by atoms with Crippen LogP contribution in [0.15, 0.2) is 84.6 Å². The Morgan fingerprint density at radius 3 is 2.43 bits per heavy atom. The molecule has 5 heterocycles. The molecule has 4 aromatic carbocycles. The zero-order valence-corrected chi connectivity index (χ0v) is 48.0. The highest BCUT2D eigenvalue weighted by molar-refractivity contribution is 7.13. The van der Waals surface area contributed by atoms with Crippen LogP contribution in [0.1, 0.15) is 70.7 Å². The number of benzene rings is 4. The van der Waals surface area contributed by atoms with Crippen molar-refractivity contribution in [2.45, 2.75) is 90.6 Å². The molecule has 3 saturated heterocycles. The molecule has 3 aliphatic heterocycles. The van der Waals surface area contributed by atoms with E-state index in [1.165, 1.54) is 15.9 Å². The number of rotatable bonds is 18. The Bertz CT molecular complexity index is 3420. The third-order valence-electron chi connectivity index (χ3n) is 15.6. The largest absolute Gasteiger partial charge is 0.508 e. The van der Waals surface area contributed by atoms with Crippen LogP contribution in [-0.4, -0.2) is 153 Å². The first kappa shape index (κ1) is 59.3. The van der Waals surface area contributed by atoms with Crippen molar-refractivity contribution in [2.75, 3.05) is 70.5 Å². The van der Waals surface area contributed by atoms with E-state index in [0.29, 0.717) is 42.6 Å². The fourth-order valence-electron chi connectivity index (χ4n) is 11.1. The number of piperazine rings is 1. The van der Waals surface area contributed by atoms with Crippen molar-refractivity contribution in [1.29, 1.82) is 5.26 Å². The van der Waals surface area contributed by atoms with Crippen molar-refractivity contribution in [2.24, 2.45) is 11.3 Å². The minimum absolute atomic E-state index is 0.00944. The molecule has 0 bridgehead atoms. The van der Waals surface area contributed by atoms with E-state index < -0.39 is 64.9 Å². The third kappa shape index (κ3) is 13.3. The highest BCUT2D eigenvalue weighted by atomic mass is 35.5. The van der Waals surface area contributed by atoms with E-state index in [1.807, 2.05) is 58.9 Å². The van der Waals surface area contributed by atoms with E-state index in [-0.39, 0.29) is 103 Å². The summed E-state index contributed by atoms with van der Waals surface area (Å²) in [6, 6.07) is 18.5. The molecule has 4 N–H and O–H groups in total. The molecular formula is C60H67ClF2N10O8S. The molecule has 4 amide bonds. The summed E-state index contributed by atoms with van der Waals surface area (Å²) in [5.74, 6) is -3.90. The highest BCUT2D eigenvalue weighted by Crippen LogP contribution is 2.43. The number of hydrogen-bond donors (Lipinski definition) is 4. The summed E-state index contributed by atoms with van der Waals surface area (Å²) in [6.45, 7) is 14.6. The molecule has 3 aliphatic rings. The lowest BCUT2D eigenvalue weighted by atomic mass is 9.85. The zero-order valence-electron chi connectivity index (χ0n) is 46.5. The number of phenols is 1. The molecule has 82 heavy (non-hydrogen) atoms. The molecule has 18 nitrogen and oxygen atoms in total. The highest BCUT2D eigenvalue weighted by Gasteiger charge is 2.45. The summed E-state index contributed by atoms with van der Waals surface area (Å²) in [7, 11) is 0. The van der Waals surface area contributed by atoms with Crippen LogP contribution in [-0.2, 0) is 23.9 Å². The van der Waals surface area contributed by atoms with Crippen molar-refractivity contribution in [3.8, 4) is 39.4 Å². The fraction of sp³-hybridized carbons (Fsp3) is 0.433. The van der Waals surface area contributed by atoms with Crippen LogP contribution in [0.5, 0.6) is 11.8 Å². The van der Waals surface area contributed by atoms with Crippen LogP contribution in [0, 0.1) is 35.4 Å². The fourth-order valence-corrected chi connectivity index (χ4v) is 12.2. The van der Waals surface area contributed by atoms with Gasteiger partial charge in [-0.2, -0.15) is 15.2 Å². The molecule has 0 saturated carbocycles. The van der Waals surface area contributed by atoms with Gasteiger partial charge in [-0.1, -0.05) is 87.5 Å². The van der Waals surface area contributed by atoms with Crippen molar-refractivity contribution in [3.05, 3.63) is 107 Å². The maximum atomic E-state index is 17.2. The number of likely N-dealkylation sites (tertiary alicyclic amines) is 2. The molecule has 432 valence electrons. The van der Waals surface area contributed by atoms with Gasteiger partial charge >= 0.3 is 6.01 Å². The number of carbonyl (C=O) groups excluding carboxylic acids is 4. The third-order valence-corrected chi connectivity index (χ3v) is 16.8. The van der Waals surface area contributed by atoms with E-state index in [9.17, 15) is 39.0 Å². The van der Waals surface area contributed by atoms with Crippen LogP contribution in [0.2, 0.25) is 5.02 Å². The van der Waals surface area contributed by atoms with Gasteiger partial charge in [-0.25, -0.2) is 13.8 Å². The number of thiazole rings is 1. The number of halogens is 3. The molecule has 9 rings (SSSR count). The average molecular weight is 1160 g/mol. The van der Waals surface area contributed by atoms with E-state index >= 15 is 4.39 Å². The summed E-state index contributed by atoms with van der Waals surface area (Å²) < 4.78 is 43.5. The van der Waals surface area contributed by atoms with Gasteiger partial charge in [0, 0.05) is 50.1 Å². The van der Waals surface area contributed by atoms with Gasteiger partial charge in [0.2, 0.25) is 17.7 Å². The molecule has 6 aromatic rings. The number of hydrogen-bond acceptors (Lipinski definition) is 15. The van der Waals surface area contributed by atoms with Gasteiger partial charge in [-0.3, -0.25) is 24.1 Å². The zero-order chi connectivity index (χ0) is 58.6. The van der Waals surface area contributed by atoms with Crippen LogP contribution in [0.3, 0.4) is 0 Å². The summed E-state index contributed by atoms with van der Waals surface area (Å²) in [5, 5.41) is 38.6. The minimum atomic E-state index is -1.15. The summed E-state index contributed by atoms with van der Waals surface area (Å²) in [5.41, 5.74) is 4.15. The first-order chi connectivity index (χ1) is 39.2. The smallest absolute Gasteiger partial charge is 0.319 e. The number of aryl methyl sites for hydroxylation is 1. The summed E-state index contributed by atoms with van der Waals surface area (Å²) in [6.07, 6.45) is 0.536. The number of aliphatic hydroxyl groups excluding tert-OH is 1. The quantitative estimate of drug-likeness (QED) is 0.0595. The van der Waals surface area contributed by atoms with Crippen molar-refractivity contribution in [1.82, 2.24) is 40.3 Å². The lowest BCUT2D eigenvalue weighted by Crippen LogP contribution is -2.58. The number of anilines is 1. The molecule has 2 aromatic heterocycles. The minimum Gasteiger partial charge on any atom is -0.508 e. The normalized spacial score (nSPS) is 18.8. The number of nitrogens with one attached hydrogen (secondary N) is 2. The first-order valence-electron chi connectivity index (χ1n) is 27.4. The van der Waals surface area contributed by atoms with Gasteiger partial charge < -0.3 is 45.0 Å². The van der Waals surface area contributed by atoms with Crippen molar-refractivity contribution < 1.29 is 47.6 Å². The molecule has 0 radical (unpaired) electrons. The van der Waals surface area contributed by atoms with Gasteiger partial charge in [0.1, 0.15) is 42.4 Å². The topological polar surface area (TPSA) is 227 Å². The van der Waals surface area contributed by atoms with Gasteiger partial charge in [0.25, 0.3) is 5.91 Å². The second-order valence-corrected chi connectivity index (χ2v) is 23.6. The number of carbonyl (C=O) groups is 4. The number of nitriles is 1. The van der Waals surface area contributed by atoms with Gasteiger partial charge in [0.05, 0.1) is 58.4 Å². The Morgan fingerprint density at radius 1 is 0.988 bits per heavy atom. The van der Waals surface area contributed by atoms with Gasteiger partial charge in [-0.15, -0.1) is 11.3 Å². The predicted octanol–water partition coefficient (Wildman–Crippen LogP) is 8.27. The number of nitrogens with zero attached hydrogens (tertiary/aromatic N) is 8. The van der Waals surface area contributed by atoms with E-state index in [4.69, 9.17) is 26.1 Å². The molecule has 5 atom stereocenters. The van der Waals surface area contributed by atoms with Gasteiger partial charge in [0.15, 0.2) is 11.6 Å². The number of amides is 4. The number of β-amino-alcohol motifs (C(OH)–C–C–N with tert-alkyl or cyclic N) is 1. The van der Waals surface area contributed by atoms with Crippen molar-refractivity contribution in [3.63, 3.8) is 0 Å². The second-order valence-electron chi connectivity index (χ2n) is 22.4. The molecule has 3 fully saturated rings. The Labute approximate surface area is 483 Å². The van der Waals surface area contributed by atoms with E-state index in [2.05, 4.69) is 38.1 Å². The number of aromatic nitrogens is 3. The molecule has 0 aliphatic carbocycles. The lowest BCUT2D eigenvalue weighted by molar-refractivity contribution is -0.144. The van der Waals surface area contributed by atoms with Gasteiger partial charge in [-0.05, 0) is 96.8 Å². The number of phenolic OH excluding ortho intramolecular Hbond substituents is 1. The SMILES string of the molecule is C=C(F)C(=O)N1CCN(c2nc(OCCN3CCC(COCC(=O)N[C@H](C(=O)N4C[C@H](O)C[C@H]4C(=O)N[C@@H](C)c4ccc(-c5scnc5C)cc4)C(C)(C)C)CC3)nc3c(F)c(-c4cc(O)cc5ccccc45)c(Cl)cc23)C[C@@H]1CC#N. The van der Waals surface area contributed by atoms with E-state index in [1.54, 1.807) is 58.1 Å². The second kappa shape index (κ2) is 25.4. The maximum absolute atomic E-state index is 17.2. The molecule has 0 unspecified atom stereocenters. The molecular weight excluding hydrogens is 1090 g/mol. The Kier molecular flexibility index (Phi) is 18.4. The first-order valence-corrected chi connectivity index (χ1v) is 28.7. The summed E-state index contributed by atoms with van der Waals surface area (Å²) >= 11 is 8.49. The Balaban J connectivity index is 0.799. The molecule has 22 heteroatoms. The number of aliphatic hydroxyl groups is 1. The lowest BCUT2D eigenvalue weighted by Gasteiger charge is -2.41. The average Bonchev–Trinajstić information content (AvgIpc) is 2.65. The Hall–Kier alpha value is -7.35. The van der Waals surface area contributed by atoms with Crippen LogP contribution < -0.4 is 20.3 Å². The van der Waals surface area contributed by atoms with Crippen LogP contribution in [0.25, 0.3) is 43.2 Å². The summed E-state index contributed by atoms with van der Waals surface area (Å²) in [4.78, 5) is 75.6. The van der Waals surface area contributed by atoms with Crippen LogP contribution in [0.4, 0.5) is 14.6 Å². The Morgan fingerprint density at radius 2 is 1.73 bits per heavy atom. The van der Waals surface area contributed by atoms with Crippen LogP contribution >= 0.6 is 22.9 Å². The predicted molar refractivity (Wildman–Crippen MR) is 309 cm³/mol. The molecule has 0 spiro atoms. The standard InChI is InChI=1S/C60H67ClF2N10O8S/c1-34(62)57(78)72-22-21-71(29-41(72)15-18-64)55-46-28-47(61)50(45-26-42(74)25-40-9-7-8-10-44(40)45)51(63)52(46)68-59(69-55)81-24-23-70-19-16-37(17-20-70)31-80-32-49(76)67-54(60(4,5)6)58(79)73-30-43(75)27-48(73)56(77)66-35(2)38-11-13-39(14-12-38)53-36(3)65-33-82-53/h7-14,25-26,28,33,35,37,41,43,48,54,74-75H,1,15-17,19-24,27,29-32H2,2-6H3,(H,66,77)(H,67,76)/t35-,41-,43+,48-,54+/m0/s1. The number of piperidine rings is 1. The van der Waals surface area contributed by atoms with Crippen molar-refractivity contribution >= 4 is 74.1 Å².